The van der Waals surface area contributed by atoms with Crippen LogP contribution in [0.15, 0.2) is 44.2 Å². The van der Waals surface area contributed by atoms with Gasteiger partial charge in [-0.3, -0.25) is 0 Å². The highest BCUT2D eigenvalue weighted by molar-refractivity contribution is 7.98. The Bertz CT molecular complexity index is 1100. The van der Waals surface area contributed by atoms with Crippen molar-refractivity contribution in [2.75, 3.05) is 26.3 Å². The van der Waals surface area contributed by atoms with E-state index in [1.807, 2.05) is 5.38 Å². The molecule has 0 unspecified atom stereocenters. The van der Waals surface area contributed by atoms with E-state index in [4.69, 9.17) is 9.15 Å². The van der Waals surface area contributed by atoms with E-state index in [1.165, 1.54) is 16.1 Å². The molecule has 1 aliphatic heterocycles. The quantitative estimate of drug-likeness (QED) is 0.487. The van der Waals surface area contributed by atoms with Gasteiger partial charge in [0.2, 0.25) is 15.9 Å². The zero-order valence-electron chi connectivity index (χ0n) is 16.6. The third-order valence-electron chi connectivity index (χ3n) is 4.50. The molecule has 160 valence electrons. The number of thioether (sulfide) groups is 1. The van der Waals surface area contributed by atoms with Crippen molar-refractivity contribution in [3.05, 3.63) is 40.3 Å². The lowest BCUT2D eigenvalue weighted by Gasteiger charge is -2.26. The molecule has 0 spiro atoms. The molecule has 3 heterocycles. The topological polar surface area (TPSA) is 98.4 Å². The van der Waals surface area contributed by atoms with E-state index in [9.17, 15) is 8.42 Å². The highest BCUT2D eigenvalue weighted by atomic mass is 32.2. The van der Waals surface area contributed by atoms with Crippen molar-refractivity contribution >= 4 is 33.1 Å². The minimum Gasteiger partial charge on any atom is -0.411 e. The van der Waals surface area contributed by atoms with Crippen LogP contribution in [0.3, 0.4) is 0 Å². The summed E-state index contributed by atoms with van der Waals surface area (Å²) < 4.78 is 38.2. The number of morpholine rings is 1. The molecule has 0 bridgehead atoms. The summed E-state index contributed by atoms with van der Waals surface area (Å²) in [7, 11) is -3.59. The van der Waals surface area contributed by atoms with Gasteiger partial charge in [-0.25, -0.2) is 13.4 Å². The Hall–Kier alpha value is -1.79. The van der Waals surface area contributed by atoms with Crippen LogP contribution < -0.4 is 0 Å². The van der Waals surface area contributed by atoms with Gasteiger partial charge in [0.15, 0.2) is 0 Å². The number of thiazole rings is 1. The van der Waals surface area contributed by atoms with E-state index in [1.54, 1.807) is 35.6 Å². The number of ether oxygens (including phenoxy) is 1. The molecule has 0 atom stereocenters. The Morgan fingerprint density at radius 3 is 2.77 bits per heavy atom. The number of benzene rings is 1. The molecular weight excluding hydrogens is 444 g/mol. The van der Waals surface area contributed by atoms with Crippen LogP contribution in [-0.2, 0) is 20.5 Å². The second kappa shape index (κ2) is 9.15. The van der Waals surface area contributed by atoms with Crippen LogP contribution >= 0.6 is 23.1 Å². The Labute approximate surface area is 183 Å². The lowest BCUT2D eigenvalue weighted by Crippen LogP contribution is -2.40. The van der Waals surface area contributed by atoms with Gasteiger partial charge in [0, 0.05) is 35.7 Å². The van der Waals surface area contributed by atoms with E-state index in [0.717, 1.165) is 10.7 Å². The first-order valence-electron chi connectivity index (χ1n) is 9.52. The van der Waals surface area contributed by atoms with E-state index >= 15 is 0 Å². The number of rotatable bonds is 7. The maximum absolute atomic E-state index is 12.9. The molecule has 1 saturated heterocycles. The first kappa shape index (κ1) is 21.4. The average Bonchev–Trinajstić information content (AvgIpc) is 3.43. The van der Waals surface area contributed by atoms with Crippen molar-refractivity contribution < 1.29 is 17.6 Å². The van der Waals surface area contributed by atoms with Crippen molar-refractivity contribution in [1.82, 2.24) is 19.5 Å². The van der Waals surface area contributed by atoms with Gasteiger partial charge in [0.05, 0.1) is 28.8 Å². The summed E-state index contributed by atoms with van der Waals surface area (Å²) in [5.74, 6) is 1.33. The number of aromatic nitrogens is 3. The molecule has 0 N–H and O–H groups in total. The fraction of sp³-hybridized carbons (Fsp3) is 0.421. The van der Waals surface area contributed by atoms with Gasteiger partial charge in [-0.2, -0.15) is 4.31 Å². The molecule has 1 aliphatic rings. The number of sulfonamides is 1. The fourth-order valence-corrected chi connectivity index (χ4v) is 5.95. The molecule has 0 amide bonds. The van der Waals surface area contributed by atoms with Gasteiger partial charge in [-0.05, 0) is 18.2 Å². The molecule has 4 rings (SSSR count). The van der Waals surface area contributed by atoms with Crippen molar-refractivity contribution in [2.24, 2.45) is 0 Å². The predicted molar refractivity (Wildman–Crippen MR) is 115 cm³/mol. The minimum absolute atomic E-state index is 0.206. The monoisotopic (exact) mass is 466 g/mol. The number of hydrogen-bond acceptors (Lipinski definition) is 9. The van der Waals surface area contributed by atoms with Crippen LogP contribution in [0.5, 0.6) is 0 Å². The van der Waals surface area contributed by atoms with Gasteiger partial charge in [-0.1, -0.05) is 31.7 Å². The first-order valence-corrected chi connectivity index (χ1v) is 12.8. The Kier molecular flexibility index (Phi) is 6.54. The normalized spacial score (nSPS) is 15.7. The van der Waals surface area contributed by atoms with E-state index in [2.05, 4.69) is 29.0 Å². The van der Waals surface area contributed by atoms with Gasteiger partial charge < -0.3 is 9.15 Å². The zero-order chi connectivity index (χ0) is 21.1. The van der Waals surface area contributed by atoms with Gasteiger partial charge >= 0.3 is 0 Å². The van der Waals surface area contributed by atoms with Crippen LogP contribution in [0.2, 0.25) is 0 Å². The number of hydrogen-bond donors (Lipinski definition) is 0. The van der Waals surface area contributed by atoms with Crippen molar-refractivity contribution in [3.8, 4) is 11.5 Å². The molecule has 1 fully saturated rings. The standard InChI is InChI=1S/C19H22N4O4S3/c1-13(2)18-20-15(11-28-18)12-29-19-22-21-17(27-19)14-4-3-5-16(10-14)30(24,25)23-6-8-26-9-7-23/h3-5,10-11,13H,6-9,12H2,1-2H3. The Morgan fingerprint density at radius 2 is 2.03 bits per heavy atom. The highest BCUT2D eigenvalue weighted by Crippen LogP contribution is 2.29. The largest absolute Gasteiger partial charge is 0.411 e. The van der Waals surface area contributed by atoms with Crippen LogP contribution in [0.1, 0.15) is 30.5 Å². The molecule has 11 heteroatoms. The lowest BCUT2D eigenvalue weighted by atomic mass is 10.2. The molecule has 8 nitrogen and oxygen atoms in total. The summed E-state index contributed by atoms with van der Waals surface area (Å²) in [5, 5.41) is 11.7. The maximum Gasteiger partial charge on any atom is 0.277 e. The zero-order valence-corrected chi connectivity index (χ0v) is 19.1. The van der Waals surface area contributed by atoms with Crippen molar-refractivity contribution in [3.63, 3.8) is 0 Å². The fourth-order valence-electron chi connectivity index (χ4n) is 2.90. The average molecular weight is 467 g/mol. The van der Waals surface area contributed by atoms with Gasteiger partial charge in [0.25, 0.3) is 5.22 Å². The summed E-state index contributed by atoms with van der Waals surface area (Å²) in [4.78, 5) is 4.81. The summed E-state index contributed by atoms with van der Waals surface area (Å²) in [6.45, 7) is 5.74. The second-order valence-electron chi connectivity index (χ2n) is 7.04. The van der Waals surface area contributed by atoms with E-state index in [0.29, 0.717) is 48.8 Å². The molecule has 1 aromatic carbocycles. The minimum atomic E-state index is -3.59. The molecule has 0 radical (unpaired) electrons. The van der Waals surface area contributed by atoms with Crippen molar-refractivity contribution in [2.45, 2.75) is 35.6 Å². The molecule has 30 heavy (non-hydrogen) atoms. The highest BCUT2D eigenvalue weighted by Gasteiger charge is 2.27. The van der Waals surface area contributed by atoms with E-state index in [-0.39, 0.29) is 10.8 Å². The first-order chi connectivity index (χ1) is 14.4. The summed E-state index contributed by atoms with van der Waals surface area (Å²) in [6.07, 6.45) is 0. The molecule has 3 aromatic rings. The van der Waals surface area contributed by atoms with Gasteiger partial charge in [-0.15, -0.1) is 21.5 Å². The number of nitrogens with zero attached hydrogens (tertiary/aromatic N) is 4. The lowest BCUT2D eigenvalue weighted by molar-refractivity contribution is 0.0730. The summed E-state index contributed by atoms with van der Waals surface area (Å²) >= 11 is 3.06. The maximum atomic E-state index is 12.9. The Balaban J connectivity index is 1.47. The molecule has 2 aromatic heterocycles. The third-order valence-corrected chi connectivity index (χ3v) is 8.44. The van der Waals surface area contributed by atoms with Crippen LogP contribution in [-0.4, -0.2) is 54.2 Å². The smallest absolute Gasteiger partial charge is 0.277 e. The molecular formula is C19H22N4O4S3. The van der Waals surface area contributed by atoms with E-state index < -0.39 is 10.0 Å². The third kappa shape index (κ3) is 4.75. The second-order valence-corrected chi connectivity index (χ2v) is 10.8. The van der Waals surface area contributed by atoms with Gasteiger partial charge in [0.1, 0.15) is 0 Å². The SMILES string of the molecule is CC(C)c1nc(CSc2nnc(-c3cccc(S(=O)(=O)N4CCOCC4)c3)o2)cs1. The predicted octanol–water partition coefficient (Wildman–Crippen LogP) is 3.63. The van der Waals surface area contributed by atoms with Crippen LogP contribution in [0.4, 0.5) is 0 Å². The summed E-state index contributed by atoms with van der Waals surface area (Å²) in [6, 6.07) is 6.59. The molecule has 0 saturated carbocycles. The molecule has 0 aliphatic carbocycles. The Morgan fingerprint density at radius 1 is 1.23 bits per heavy atom. The van der Waals surface area contributed by atoms with Crippen LogP contribution in [0, 0.1) is 0 Å². The van der Waals surface area contributed by atoms with Crippen molar-refractivity contribution in [1.29, 1.82) is 0 Å². The van der Waals surface area contributed by atoms with Crippen LogP contribution in [0.25, 0.3) is 11.5 Å². The summed E-state index contributed by atoms with van der Waals surface area (Å²) in [5.41, 5.74) is 1.55.